The topological polar surface area (TPSA) is 50.4 Å². The Kier molecular flexibility index (Phi) is 2.95. The Morgan fingerprint density at radius 2 is 1.79 bits per heavy atom. The van der Waals surface area contributed by atoms with Crippen LogP contribution >= 0.6 is 0 Å². The van der Waals surface area contributed by atoms with Gasteiger partial charge in [0, 0.05) is 19.2 Å². The van der Waals surface area contributed by atoms with Crippen molar-refractivity contribution in [1.82, 2.24) is 0 Å². The molecular formula is C8H8F3N3. The van der Waals surface area contributed by atoms with E-state index in [1.807, 2.05) is 0 Å². The number of rotatable bonds is 1. The van der Waals surface area contributed by atoms with Crippen LogP contribution in [0.5, 0.6) is 0 Å². The van der Waals surface area contributed by atoms with E-state index in [0.29, 0.717) is 12.1 Å². The van der Waals surface area contributed by atoms with E-state index in [0.717, 1.165) is 0 Å². The average molecular weight is 203 g/mol. The molecule has 3 N–H and O–H groups in total. The van der Waals surface area contributed by atoms with Crippen molar-refractivity contribution >= 4 is 11.6 Å². The Morgan fingerprint density at radius 1 is 1.21 bits per heavy atom. The van der Waals surface area contributed by atoms with E-state index >= 15 is 0 Å². The lowest BCUT2D eigenvalue weighted by molar-refractivity contribution is 0.496. The molecule has 0 fully saturated rings. The number of hydrogen-bond donors (Lipinski definition) is 2. The van der Waals surface area contributed by atoms with Crippen molar-refractivity contribution in [3.63, 3.8) is 0 Å². The molecule has 0 amide bonds. The molecule has 0 radical (unpaired) electrons. The molecule has 0 aliphatic heterocycles. The summed E-state index contributed by atoms with van der Waals surface area (Å²) < 4.78 is 38.1. The van der Waals surface area contributed by atoms with Gasteiger partial charge in [0.05, 0.1) is 5.69 Å². The molecule has 6 heteroatoms. The lowest BCUT2D eigenvalue weighted by Gasteiger charge is -2.06. The molecule has 0 atom stereocenters. The van der Waals surface area contributed by atoms with Crippen LogP contribution in [0.4, 0.5) is 18.9 Å². The van der Waals surface area contributed by atoms with Gasteiger partial charge in [-0.05, 0) is 0 Å². The first-order valence-electron chi connectivity index (χ1n) is 3.68. The first-order valence-corrected chi connectivity index (χ1v) is 3.68. The van der Waals surface area contributed by atoms with Crippen LogP contribution in [0, 0.1) is 17.5 Å². The molecule has 0 aromatic heterocycles. The van der Waals surface area contributed by atoms with Crippen LogP contribution < -0.4 is 11.1 Å². The highest BCUT2D eigenvalue weighted by atomic mass is 19.2. The third-order valence-corrected chi connectivity index (χ3v) is 1.51. The normalized spacial score (nSPS) is 11.6. The predicted octanol–water partition coefficient (Wildman–Crippen LogP) is 1.46. The number of anilines is 1. The predicted molar refractivity (Wildman–Crippen MR) is 47.5 cm³/mol. The van der Waals surface area contributed by atoms with Gasteiger partial charge in [-0.2, -0.15) is 0 Å². The fourth-order valence-electron chi connectivity index (χ4n) is 0.812. The molecule has 14 heavy (non-hydrogen) atoms. The first-order chi connectivity index (χ1) is 6.54. The van der Waals surface area contributed by atoms with Crippen molar-refractivity contribution in [2.75, 3.05) is 12.4 Å². The van der Waals surface area contributed by atoms with E-state index in [9.17, 15) is 13.2 Å². The molecule has 0 aliphatic carbocycles. The van der Waals surface area contributed by atoms with Gasteiger partial charge in [-0.3, -0.25) is 4.99 Å². The minimum Gasteiger partial charge on any atom is -0.370 e. The molecule has 0 heterocycles. The largest absolute Gasteiger partial charge is 0.370 e. The van der Waals surface area contributed by atoms with Crippen LogP contribution in [0.1, 0.15) is 0 Å². The molecule has 1 aromatic rings. The molecule has 0 unspecified atom stereocenters. The average Bonchev–Trinajstić information content (AvgIpc) is 2.14. The Morgan fingerprint density at radius 3 is 2.36 bits per heavy atom. The summed E-state index contributed by atoms with van der Waals surface area (Å²) in [5, 5.41) is 2.27. The van der Waals surface area contributed by atoms with Crippen LogP contribution in [-0.4, -0.2) is 13.0 Å². The maximum Gasteiger partial charge on any atom is 0.192 e. The Labute approximate surface area is 78.4 Å². The van der Waals surface area contributed by atoms with E-state index in [2.05, 4.69) is 10.3 Å². The van der Waals surface area contributed by atoms with Gasteiger partial charge in [-0.15, -0.1) is 0 Å². The zero-order chi connectivity index (χ0) is 10.7. The van der Waals surface area contributed by atoms with E-state index in [1.54, 1.807) is 0 Å². The van der Waals surface area contributed by atoms with E-state index in [-0.39, 0.29) is 11.6 Å². The number of hydrogen-bond acceptors (Lipinski definition) is 1. The lowest BCUT2D eigenvalue weighted by atomic mass is 10.3. The van der Waals surface area contributed by atoms with Gasteiger partial charge >= 0.3 is 0 Å². The molecular weight excluding hydrogens is 195 g/mol. The van der Waals surface area contributed by atoms with E-state index in [1.165, 1.54) is 7.05 Å². The third-order valence-electron chi connectivity index (χ3n) is 1.51. The molecule has 1 aromatic carbocycles. The Hall–Kier alpha value is -1.72. The van der Waals surface area contributed by atoms with Crippen LogP contribution in [0.3, 0.4) is 0 Å². The molecule has 0 saturated carbocycles. The SMILES string of the molecule is CN=C(N)Nc1cc(F)c(F)cc1F. The van der Waals surface area contributed by atoms with Crippen LogP contribution in [0.15, 0.2) is 17.1 Å². The van der Waals surface area contributed by atoms with Crippen LogP contribution in [0.2, 0.25) is 0 Å². The Bertz CT molecular complexity index is 376. The van der Waals surface area contributed by atoms with Gasteiger partial charge in [0.15, 0.2) is 17.6 Å². The zero-order valence-electron chi connectivity index (χ0n) is 7.31. The molecule has 0 aliphatic rings. The second-order valence-corrected chi connectivity index (χ2v) is 2.48. The fourth-order valence-corrected chi connectivity index (χ4v) is 0.812. The van der Waals surface area contributed by atoms with Crippen molar-refractivity contribution in [1.29, 1.82) is 0 Å². The van der Waals surface area contributed by atoms with E-state index in [4.69, 9.17) is 5.73 Å². The van der Waals surface area contributed by atoms with Crippen molar-refractivity contribution in [3.8, 4) is 0 Å². The summed E-state index contributed by atoms with van der Waals surface area (Å²) in [4.78, 5) is 3.48. The molecule has 0 saturated heterocycles. The standard InChI is InChI=1S/C8H8F3N3/c1-13-8(12)14-7-3-5(10)4(9)2-6(7)11/h2-3H,1H3,(H3,12,13,14). The van der Waals surface area contributed by atoms with Gasteiger partial charge in [-0.25, -0.2) is 13.2 Å². The maximum absolute atomic E-state index is 12.9. The summed E-state index contributed by atoms with van der Waals surface area (Å²) in [6.07, 6.45) is 0. The monoisotopic (exact) mass is 203 g/mol. The highest BCUT2D eigenvalue weighted by Gasteiger charge is 2.09. The van der Waals surface area contributed by atoms with Crippen molar-refractivity contribution in [2.45, 2.75) is 0 Å². The number of guanidine groups is 1. The van der Waals surface area contributed by atoms with Crippen LogP contribution in [-0.2, 0) is 0 Å². The third kappa shape index (κ3) is 2.15. The van der Waals surface area contributed by atoms with Crippen LogP contribution in [0.25, 0.3) is 0 Å². The summed E-state index contributed by atoms with van der Waals surface area (Å²) in [7, 11) is 1.38. The number of benzene rings is 1. The summed E-state index contributed by atoms with van der Waals surface area (Å²) >= 11 is 0. The van der Waals surface area contributed by atoms with Crippen molar-refractivity contribution < 1.29 is 13.2 Å². The Balaban J connectivity index is 3.04. The minimum absolute atomic E-state index is 0.0880. The number of halogens is 3. The maximum atomic E-state index is 12.9. The molecule has 76 valence electrons. The minimum atomic E-state index is -1.25. The second-order valence-electron chi connectivity index (χ2n) is 2.48. The fraction of sp³-hybridized carbons (Fsp3) is 0.125. The molecule has 3 nitrogen and oxygen atoms in total. The highest BCUT2D eigenvalue weighted by Crippen LogP contribution is 2.17. The number of aliphatic imine (C=N–C) groups is 1. The molecule has 0 spiro atoms. The van der Waals surface area contributed by atoms with Gasteiger partial charge in [0.1, 0.15) is 5.82 Å². The summed E-state index contributed by atoms with van der Waals surface area (Å²) in [5.74, 6) is -3.43. The lowest BCUT2D eigenvalue weighted by Crippen LogP contribution is -2.22. The zero-order valence-corrected chi connectivity index (χ0v) is 7.31. The van der Waals surface area contributed by atoms with Crippen molar-refractivity contribution in [2.24, 2.45) is 10.7 Å². The second kappa shape index (κ2) is 3.99. The van der Waals surface area contributed by atoms with Crippen molar-refractivity contribution in [3.05, 3.63) is 29.6 Å². The van der Waals surface area contributed by atoms with E-state index < -0.39 is 17.5 Å². The highest BCUT2D eigenvalue weighted by molar-refractivity contribution is 5.92. The summed E-state index contributed by atoms with van der Waals surface area (Å²) in [6.45, 7) is 0. The summed E-state index contributed by atoms with van der Waals surface area (Å²) in [6, 6.07) is 1.10. The van der Waals surface area contributed by atoms with Gasteiger partial charge in [-0.1, -0.05) is 0 Å². The summed E-state index contributed by atoms with van der Waals surface area (Å²) in [5.41, 5.74) is 4.96. The number of nitrogens with zero attached hydrogens (tertiary/aromatic N) is 1. The quantitative estimate of drug-likeness (QED) is 0.412. The van der Waals surface area contributed by atoms with Gasteiger partial charge in [0.25, 0.3) is 0 Å². The molecule has 0 bridgehead atoms. The van der Waals surface area contributed by atoms with Gasteiger partial charge in [0.2, 0.25) is 0 Å². The first kappa shape index (κ1) is 10.4. The number of nitrogens with one attached hydrogen (secondary N) is 1. The van der Waals surface area contributed by atoms with Gasteiger partial charge < -0.3 is 11.1 Å². The molecule has 1 rings (SSSR count). The smallest absolute Gasteiger partial charge is 0.192 e. The number of nitrogens with two attached hydrogens (primary N) is 1.